The molecule has 25 heavy (non-hydrogen) atoms. The third-order valence-corrected chi connectivity index (χ3v) is 5.22. The summed E-state index contributed by atoms with van der Waals surface area (Å²) < 4.78 is 9.16. The van der Waals surface area contributed by atoms with Gasteiger partial charge in [0.15, 0.2) is 6.10 Å². The molecule has 0 aliphatic heterocycles. The number of amides is 1. The number of ether oxygens (including phenoxy) is 1. The standard InChI is InChI=1S/C18H17BrN2O3S/c1-3-21-15-9-6-13(10-16(15)25-18(21)23)20-17(22)11(2)24-14-7-4-12(19)5-8-14/h4-11H,3H2,1-2H3,(H,20,22)/t11-/m0/s1. The van der Waals surface area contributed by atoms with E-state index in [0.717, 1.165) is 14.7 Å². The maximum Gasteiger partial charge on any atom is 0.308 e. The molecule has 0 aliphatic rings. The van der Waals surface area contributed by atoms with Crippen molar-refractivity contribution in [2.75, 3.05) is 5.32 Å². The summed E-state index contributed by atoms with van der Waals surface area (Å²) in [5.41, 5.74) is 1.53. The van der Waals surface area contributed by atoms with E-state index in [9.17, 15) is 9.59 Å². The SMILES string of the molecule is CCn1c(=O)sc2cc(NC(=O)[C@H](C)Oc3ccc(Br)cc3)ccc21. The Labute approximate surface area is 157 Å². The van der Waals surface area contributed by atoms with Crippen LogP contribution >= 0.6 is 27.3 Å². The second kappa shape index (κ2) is 7.41. The Kier molecular flexibility index (Phi) is 5.24. The first-order chi connectivity index (χ1) is 12.0. The van der Waals surface area contributed by atoms with Gasteiger partial charge in [-0.05, 0) is 56.3 Å². The van der Waals surface area contributed by atoms with Crippen LogP contribution in [0.5, 0.6) is 5.75 Å². The Balaban J connectivity index is 1.72. The fraction of sp³-hybridized carbons (Fsp3) is 0.222. The molecule has 0 radical (unpaired) electrons. The number of thiazole rings is 1. The van der Waals surface area contributed by atoms with E-state index in [1.807, 2.05) is 31.2 Å². The summed E-state index contributed by atoms with van der Waals surface area (Å²) in [5, 5.41) is 2.83. The Hall–Kier alpha value is -2.12. The van der Waals surface area contributed by atoms with Crippen LogP contribution in [0, 0.1) is 0 Å². The number of fused-ring (bicyclic) bond motifs is 1. The minimum Gasteiger partial charge on any atom is -0.481 e. The largest absolute Gasteiger partial charge is 0.481 e. The van der Waals surface area contributed by atoms with Crippen molar-refractivity contribution in [2.45, 2.75) is 26.5 Å². The molecule has 2 aromatic carbocycles. The molecule has 7 heteroatoms. The van der Waals surface area contributed by atoms with E-state index in [-0.39, 0.29) is 10.8 Å². The van der Waals surface area contributed by atoms with Crippen LogP contribution in [0.2, 0.25) is 0 Å². The number of hydrogen-bond acceptors (Lipinski definition) is 4. The maximum absolute atomic E-state index is 12.3. The van der Waals surface area contributed by atoms with Gasteiger partial charge in [-0.3, -0.25) is 14.2 Å². The van der Waals surface area contributed by atoms with E-state index < -0.39 is 6.10 Å². The Morgan fingerprint density at radius 2 is 2.00 bits per heavy atom. The van der Waals surface area contributed by atoms with E-state index in [1.165, 1.54) is 11.3 Å². The molecule has 1 atom stereocenters. The summed E-state index contributed by atoms with van der Waals surface area (Å²) >= 11 is 4.54. The normalized spacial score (nSPS) is 12.1. The molecule has 0 aliphatic carbocycles. The zero-order valence-electron chi connectivity index (χ0n) is 13.8. The smallest absolute Gasteiger partial charge is 0.308 e. The van der Waals surface area contributed by atoms with Crippen molar-refractivity contribution >= 4 is 49.1 Å². The highest BCUT2D eigenvalue weighted by molar-refractivity contribution is 9.10. The summed E-state index contributed by atoms with van der Waals surface area (Å²) in [5.74, 6) is 0.379. The number of rotatable bonds is 5. The van der Waals surface area contributed by atoms with E-state index >= 15 is 0 Å². The summed E-state index contributed by atoms with van der Waals surface area (Å²) in [4.78, 5) is 24.3. The predicted molar refractivity (Wildman–Crippen MR) is 105 cm³/mol. The molecule has 130 valence electrons. The quantitative estimate of drug-likeness (QED) is 0.670. The molecular formula is C18H17BrN2O3S. The van der Waals surface area contributed by atoms with Gasteiger partial charge >= 0.3 is 4.87 Å². The molecule has 0 saturated carbocycles. The van der Waals surface area contributed by atoms with Gasteiger partial charge in [-0.2, -0.15) is 0 Å². The number of aryl methyl sites for hydroxylation is 1. The maximum atomic E-state index is 12.3. The highest BCUT2D eigenvalue weighted by Crippen LogP contribution is 2.22. The summed E-state index contributed by atoms with van der Waals surface area (Å²) in [6, 6.07) is 12.8. The van der Waals surface area contributed by atoms with Crippen molar-refractivity contribution < 1.29 is 9.53 Å². The van der Waals surface area contributed by atoms with Gasteiger partial charge in [0, 0.05) is 16.7 Å². The van der Waals surface area contributed by atoms with E-state index in [4.69, 9.17) is 4.74 Å². The van der Waals surface area contributed by atoms with E-state index in [2.05, 4.69) is 21.2 Å². The van der Waals surface area contributed by atoms with Crippen molar-refractivity contribution in [1.29, 1.82) is 0 Å². The van der Waals surface area contributed by atoms with Crippen molar-refractivity contribution in [1.82, 2.24) is 4.57 Å². The van der Waals surface area contributed by atoms with Crippen LogP contribution in [0.4, 0.5) is 5.69 Å². The Bertz CT molecular complexity index is 963. The van der Waals surface area contributed by atoms with Crippen LogP contribution < -0.4 is 14.9 Å². The Morgan fingerprint density at radius 3 is 2.68 bits per heavy atom. The number of benzene rings is 2. The average molecular weight is 421 g/mol. The molecule has 1 amide bonds. The van der Waals surface area contributed by atoms with Gasteiger partial charge in [0.05, 0.1) is 10.2 Å². The second-order valence-corrected chi connectivity index (χ2v) is 7.41. The number of halogens is 1. The van der Waals surface area contributed by atoms with Crippen LogP contribution in [0.15, 0.2) is 51.7 Å². The van der Waals surface area contributed by atoms with Gasteiger partial charge in [0.2, 0.25) is 0 Å². The van der Waals surface area contributed by atoms with Gasteiger partial charge < -0.3 is 10.1 Å². The first kappa shape index (κ1) is 17.7. The van der Waals surface area contributed by atoms with Gasteiger partial charge in [-0.25, -0.2) is 0 Å². The minimum atomic E-state index is -0.643. The molecule has 0 saturated heterocycles. The number of carbonyl (C=O) groups excluding carboxylic acids is 1. The first-order valence-corrected chi connectivity index (χ1v) is 9.45. The molecule has 1 heterocycles. The van der Waals surface area contributed by atoms with E-state index in [0.29, 0.717) is 18.0 Å². The average Bonchev–Trinajstić information content (AvgIpc) is 2.91. The zero-order chi connectivity index (χ0) is 18.0. The lowest BCUT2D eigenvalue weighted by atomic mass is 10.2. The zero-order valence-corrected chi connectivity index (χ0v) is 16.2. The second-order valence-electron chi connectivity index (χ2n) is 5.50. The van der Waals surface area contributed by atoms with Gasteiger partial charge in [-0.1, -0.05) is 27.3 Å². The molecule has 1 aromatic heterocycles. The van der Waals surface area contributed by atoms with Gasteiger partial charge in [0.1, 0.15) is 5.75 Å². The van der Waals surface area contributed by atoms with Crippen LogP contribution in [0.3, 0.4) is 0 Å². The van der Waals surface area contributed by atoms with Crippen molar-refractivity contribution in [3.63, 3.8) is 0 Å². The summed E-state index contributed by atoms with van der Waals surface area (Å²) in [7, 11) is 0. The fourth-order valence-electron chi connectivity index (χ4n) is 2.46. The van der Waals surface area contributed by atoms with Crippen molar-refractivity contribution in [2.24, 2.45) is 0 Å². The van der Waals surface area contributed by atoms with Gasteiger partial charge in [0.25, 0.3) is 5.91 Å². The lowest BCUT2D eigenvalue weighted by molar-refractivity contribution is -0.122. The van der Waals surface area contributed by atoms with E-state index in [1.54, 1.807) is 29.7 Å². The number of aromatic nitrogens is 1. The van der Waals surface area contributed by atoms with Crippen LogP contribution in [-0.4, -0.2) is 16.6 Å². The van der Waals surface area contributed by atoms with Crippen molar-refractivity contribution in [3.05, 3.63) is 56.6 Å². The molecule has 0 spiro atoms. The topological polar surface area (TPSA) is 60.3 Å². The molecule has 1 N–H and O–H groups in total. The lowest BCUT2D eigenvalue weighted by Crippen LogP contribution is -2.30. The molecule has 0 fully saturated rings. The first-order valence-electron chi connectivity index (χ1n) is 7.84. The molecule has 0 bridgehead atoms. The van der Waals surface area contributed by atoms with Crippen LogP contribution in [0.25, 0.3) is 10.2 Å². The molecule has 3 rings (SSSR count). The number of nitrogens with zero attached hydrogens (tertiary/aromatic N) is 1. The number of nitrogens with one attached hydrogen (secondary N) is 1. The third-order valence-electron chi connectivity index (χ3n) is 3.75. The minimum absolute atomic E-state index is 0.00733. The van der Waals surface area contributed by atoms with Crippen LogP contribution in [0.1, 0.15) is 13.8 Å². The van der Waals surface area contributed by atoms with Gasteiger partial charge in [-0.15, -0.1) is 0 Å². The highest BCUT2D eigenvalue weighted by Gasteiger charge is 2.16. The Morgan fingerprint density at radius 1 is 1.28 bits per heavy atom. The third kappa shape index (κ3) is 3.93. The monoisotopic (exact) mass is 420 g/mol. The number of hydrogen-bond donors (Lipinski definition) is 1. The molecular weight excluding hydrogens is 404 g/mol. The number of carbonyl (C=O) groups is 1. The highest BCUT2D eigenvalue weighted by atomic mass is 79.9. The van der Waals surface area contributed by atoms with Crippen LogP contribution in [-0.2, 0) is 11.3 Å². The molecule has 5 nitrogen and oxygen atoms in total. The number of anilines is 1. The fourth-order valence-corrected chi connectivity index (χ4v) is 3.72. The lowest BCUT2D eigenvalue weighted by Gasteiger charge is -2.15. The predicted octanol–water partition coefficient (Wildman–Crippen LogP) is 4.25. The summed E-state index contributed by atoms with van der Waals surface area (Å²) in [6.45, 7) is 4.26. The molecule has 0 unspecified atom stereocenters. The molecule has 3 aromatic rings. The summed E-state index contributed by atoms with van der Waals surface area (Å²) in [6.07, 6.45) is -0.643. The van der Waals surface area contributed by atoms with Crippen molar-refractivity contribution in [3.8, 4) is 5.75 Å².